The second-order valence-corrected chi connectivity index (χ2v) is 4.18. The number of rotatable bonds is 1. The van der Waals surface area contributed by atoms with Gasteiger partial charge in [0.25, 0.3) is 0 Å². The lowest BCUT2D eigenvalue weighted by atomic mass is 10.1. The SMILES string of the molecule is OCc1ccc(S)c2sc(F)cc12. The molecule has 68 valence electrons. The molecule has 1 nitrogen and oxygen atoms in total. The normalized spacial score (nSPS) is 11.0. The van der Waals surface area contributed by atoms with E-state index in [0.717, 1.165) is 31.9 Å². The van der Waals surface area contributed by atoms with Crippen LogP contribution in [0.5, 0.6) is 0 Å². The largest absolute Gasteiger partial charge is 0.392 e. The summed E-state index contributed by atoms with van der Waals surface area (Å²) in [5.74, 6) is 0. The van der Waals surface area contributed by atoms with Gasteiger partial charge in [-0.1, -0.05) is 6.07 Å². The van der Waals surface area contributed by atoms with Gasteiger partial charge in [-0.3, -0.25) is 0 Å². The fraction of sp³-hybridized carbons (Fsp3) is 0.111. The lowest BCUT2D eigenvalue weighted by Gasteiger charge is -1.99. The monoisotopic (exact) mass is 214 g/mol. The van der Waals surface area contributed by atoms with Gasteiger partial charge in [0.1, 0.15) is 0 Å². The number of aliphatic hydroxyl groups excluding tert-OH is 1. The van der Waals surface area contributed by atoms with Crippen molar-refractivity contribution in [1.29, 1.82) is 0 Å². The van der Waals surface area contributed by atoms with Crippen molar-refractivity contribution in [3.63, 3.8) is 0 Å². The highest BCUT2D eigenvalue weighted by atomic mass is 32.1. The van der Waals surface area contributed by atoms with E-state index in [4.69, 9.17) is 5.11 Å². The van der Waals surface area contributed by atoms with Gasteiger partial charge >= 0.3 is 0 Å². The van der Waals surface area contributed by atoms with E-state index in [2.05, 4.69) is 12.6 Å². The molecule has 0 spiro atoms. The van der Waals surface area contributed by atoms with Gasteiger partial charge in [-0.05, 0) is 17.7 Å². The smallest absolute Gasteiger partial charge is 0.177 e. The summed E-state index contributed by atoms with van der Waals surface area (Å²) in [6.07, 6.45) is 0. The first kappa shape index (κ1) is 8.99. The van der Waals surface area contributed by atoms with Gasteiger partial charge in [-0.25, -0.2) is 0 Å². The van der Waals surface area contributed by atoms with Crippen molar-refractivity contribution in [1.82, 2.24) is 0 Å². The van der Waals surface area contributed by atoms with Crippen LogP contribution in [0.3, 0.4) is 0 Å². The van der Waals surface area contributed by atoms with Crippen LogP contribution in [0.2, 0.25) is 0 Å². The second-order valence-electron chi connectivity index (χ2n) is 2.70. The van der Waals surface area contributed by atoms with Crippen LogP contribution in [0.15, 0.2) is 23.1 Å². The van der Waals surface area contributed by atoms with Crippen LogP contribution >= 0.6 is 24.0 Å². The fourth-order valence-corrected chi connectivity index (χ4v) is 2.45. The van der Waals surface area contributed by atoms with Gasteiger partial charge in [0.15, 0.2) is 5.13 Å². The van der Waals surface area contributed by atoms with E-state index >= 15 is 0 Å². The number of benzene rings is 1. The van der Waals surface area contributed by atoms with Crippen LogP contribution in [-0.4, -0.2) is 5.11 Å². The summed E-state index contributed by atoms with van der Waals surface area (Å²) in [4.78, 5) is 0.751. The number of halogens is 1. The van der Waals surface area contributed by atoms with Gasteiger partial charge in [-0.2, -0.15) is 4.39 Å². The highest BCUT2D eigenvalue weighted by Crippen LogP contribution is 2.32. The maximum Gasteiger partial charge on any atom is 0.177 e. The van der Waals surface area contributed by atoms with E-state index in [-0.39, 0.29) is 11.7 Å². The average Bonchev–Trinajstić information content (AvgIpc) is 2.48. The molecule has 1 N–H and O–H groups in total. The topological polar surface area (TPSA) is 20.2 Å². The van der Waals surface area contributed by atoms with Gasteiger partial charge in [0.2, 0.25) is 0 Å². The minimum atomic E-state index is -0.244. The van der Waals surface area contributed by atoms with E-state index in [1.54, 1.807) is 12.1 Å². The van der Waals surface area contributed by atoms with Crippen LogP contribution in [0.4, 0.5) is 4.39 Å². The zero-order chi connectivity index (χ0) is 9.42. The van der Waals surface area contributed by atoms with Crippen molar-refractivity contribution in [2.45, 2.75) is 11.5 Å². The molecule has 0 aliphatic carbocycles. The number of hydrogen-bond acceptors (Lipinski definition) is 3. The Kier molecular flexibility index (Phi) is 2.27. The van der Waals surface area contributed by atoms with Crippen molar-refractivity contribution < 1.29 is 9.50 Å². The second kappa shape index (κ2) is 3.29. The summed E-state index contributed by atoms with van der Waals surface area (Å²) in [5, 5.41) is 9.51. The molecule has 0 saturated carbocycles. The summed E-state index contributed by atoms with van der Waals surface area (Å²) in [6, 6.07) is 4.97. The Labute approximate surface area is 84.2 Å². The van der Waals surface area contributed by atoms with Crippen LogP contribution < -0.4 is 0 Å². The Bertz CT molecular complexity index is 450. The molecule has 1 aromatic carbocycles. The first-order chi connectivity index (χ1) is 6.22. The van der Waals surface area contributed by atoms with Gasteiger partial charge in [-0.15, -0.1) is 24.0 Å². The standard InChI is InChI=1S/C9H7FOS2/c10-8-3-6-5(4-11)1-2-7(12)9(6)13-8/h1-3,11-12H,4H2. The zero-order valence-corrected chi connectivity index (χ0v) is 8.33. The van der Waals surface area contributed by atoms with Crippen molar-refractivity contribution in [3.05, 3.63) is 28.9 Å². The molecule has 0 unspecified atom stereocenters. The fourth-order valence-electron chi connectivity index (χ4n) is 1.27. The molecule has 0 amide bonds. The third-order valence-corrected chi connectivity index (χ3v) is 3.37. The first-order valence-electron chi connectivity index (χ1n) is 3.73. The van der Waals surface area contributed by atoms with Crippen LogP contribution in [-0.2, 0) is 6.61 Å². The number of thiol groups is 1. The molecule has 2 aromatic rings. The highest BCUT2D eigenvalue weighted by Gasteiger charge is 2.07. The van der Waals surface area contributed by atoms with Crippen molar-refractivity contribution in [2.24, 2.45) is 0 Å². The molecular formula is C9H7FOS2. The summed E-state index contributed by atoms with van der Waals surface area (Å²) < 4.78 is 13.7. The predicted molar refractivity (Wildman–Crippen MR) is 55.0 cm³/mol. The molecule has 0 saturated heterocycles. The molecule has 4 heteroatoms. The summed E-state index contributed by atoms with van der Waals surface area (Å²) in [5.41, 5.74) is 0.743. The molecule has 0 aliphatic rings. The van der Waals surface area contributed by atoms with Crippen LogP contribution in [0, 0.1) is 5.13 Å². The van der Waals surface area contributed by atoms with E-state index < -0.39 is 0 Å². The van der Waals surface area contributed by atoms with Crippen LogP contribution in [0.25, 0.3) is 10.1 Å². The maximum atomic E-state index is 12.9. The molecule has 0 aliphatic heterocycles. The van der Waals surface area contributed by atoms with E-state index in [9.17, 15) is 4.39 Å². The predicted octanol–water partition coefficient (Wildman–Crippen LogP) is 2.82. The Morgan fingerprint density at radius 2 is 2.23 bits per heavy atom. The minimum absolute atomic E-state index is 0.0687. The minimum Gasteiger partial charge on any atom is -0.392 e. The van der Waals surface area contributed by atoms with Gasteiger partial charge < -0.3 is 5.11 Å². The molecule has 13 heavy (non-hydrogen) atoms. The quantitative estimate of drug-likeness (QED) is 0.699. The maximum absolute atomic E-state index is 12.9. The Hall–Kier alpha value is -0.580. The molecule has 0 fully saturated rings. The first-order valence-corrected chi connectivity index (χ1v) is 4.99. The van der Waals surface area contributed by atoms with E-state index in [0.29, 0.717) is 0 Å². The third-order valence-electron chi connectivity index (χ3n) is 1.89. The molecular weight excluding hydrogens is 207 g/mol. The Balaban J connectivity index is 2.83. The number of aliphatic hydroxyl groups is 1. The average molecular weight is 214 g/mol. The van der Waals surface area contributed by atoms with Crippen molar-refractivity contribution in [3.8, 4) is 0 Å². The molecule has 1 aromatic heterocycles. The van der Waals surface area contributed by atoms with Gasteiger partial charge in [0, 0.05) is 10.3 Å². The molecule has 2 rings (SSSR count). The molecule has 1 heterocycles. The van der Waals surface area contributed by atoms with Crippen molar-refractivity contribution >= 4 is 34.1 Å². The molecule has 0 bridgehead atoms. The Morgan fingerprint density at radius 3 is 2.92 bits per heavy atom. The lowest BCUT2D eigenvalue weighted by molar-refractivity contribution is 0.283. The Morgan fingerprint density at radius 1 is 1.46 bits per heavy atom. The number of fused-ring (bicyclic) bond motifs is 1. The lowest BCUT2D eigenvalue weighted by Crippen LogP contribution is -1.82. The number of thiophene rings is 1. The van der Waals surface area contributed by atoms with E-state index in [1.807, 2.05) is 0 Å². The molecule has 0 atom stereocenters. The van der Waals surface area contributed by atoms with Gasteiger partial charge in [0.05, 0.1) is 11.3 Å². The molecule has 0 radical (unpaired) electrons. The summed E-state index contributed by atoms with van der Waals surface area (Å²) in [6.45, 7) is -0.0687. The van der Waals surface area contributed by atoms with Crippen molar-refractivity contribution in [2.75, 3.05) is 0 Å². The number of hydrogen-bond donors (Lipinski definition) is 2. The van der Waals surface area contributed by atoms with E-state index in [1.165, 1.54) is 6.07 Å². The van der Waals surface area contributed by atoms with Crippen LogP contribution in [0.1, 0.15) is 5.56 Å². The zero-order valence-electron chi connectivity index (χ0n) is 6.62. The summed E-state index contributed by atoms with van der Waals surface area (Å²) >= 11 is 5.27. The third kappa shape index (κ3) is 1.45. The highest BCUT2D eigenvalue weighted by molar-refractivity contribution is 7.80. The summed E-state index contributed by atoms with van der Waals surface area (Å²) in [7, 11) is 0.